The highest BCUT2D eigenvalue weighted by molar-refractivity contribution is 14.0. The average molecular weight is 463 g/mol. The van der Waals surface area contributed by atoms with Gasteiger partial charge >= 0.3 is 0 Å². The zero-order valence-electron chi connectivity index (χ0n) is 15.5. The van der Waals surface area contributed by atoms with Crippen LogP contribution in [0.3, 0.4) is 0 Å². The number of benzene rings is 1. The van der Waals surface area contributed by atoms with Crippen molar-refractivity contribution in [1.29, 1.82) is 0 Å². The third-order valence-electron chi connectivity index (χ3n) is 4.75. The number of hydrogen-bond acceptors (Lipinski definition) is 3. The molecule has 1 fully saturated rings. The molecule has 1 heterocycles. The van der Waals surface area contributed by atoms with E-state index in [-0.39, 0.29) is 29.8 Å². The minimum absolute atomic E-state index is 0. The predicted octanol–water partition coefficient (Wildman–Crippen LogP) is 2.61. The van der Waals surface area contributed by atoms with E-state index in [1.165, 1.54) is 12.1 Å². The van der Waals surface area contributed by atoms with Crippen LogP contribution in [0.15, 0.2) is 29.3 Å². The predicted molar refractivity (Wildman–Crippen MR) is 114 cm³/mol. The molecular weight excluding hydrogens is 432 g/mol. The zero-order chi connectivity index (χ0) is 17.5. The molecule has 0 saturated carbocycles. The van der Waals surface area contributed by atoms with E-state index < -0.39 is 0 Å². The van der Waals surface area contributed by atoms with Gasteiger partial charge in [0.05, 0.1) is 6.54 Å². The quantitative estimate of drug-likeness (QED) is 0.401. The van der Waals surface area contributed by atoms with Gasteiger partial charge in [-0.3, -0.25) is 9.89 Å². The number of hydrogen-bond donors (Lipinski definition) is 1. The van der Waals surface area contributed by atoms with Gasteiger partial charge in [0.25, 0.3) is 0 Å². The Bertz CT molecular complexity index is 525. The van der Waals surface area contributed by atoms with Crippen LogP contribution in [0.1, 0.15) is 20.8 Å². The largest absolute Gasteiger partial charge is 0.370 e. The lowest BCUT2D eigenvalue weighted by molar-refractivity contribution is 0.236. The highest BCUT2D eigenvalue weighted by Crippen LogP contribution is 2.16. The molecule has 1 atom stereocenters. The monoisotopic (exact) mass is 463 g/mol. The number of nitrogens with two attached hydrogens (primary N) is 1. The summed E-state index contributed by atoms with van der Waals surface area (Å²) in [6.07, 6.45) is 0. The first-order chi connectivity index (χ1) is 11.5. The number of piperazine rings is 1. The van der Waals surface area contributed by atoms with Crippen molar-refractivity contribution in [2.75, 3.05) is 50.7 Å². The maximum Gasteiger partial charge on any atom is 0.191 e. The second-order valence-corrected chi connectivity index (χ2v) is 6.22. The Morgan fingerprint density at radius 1 is 1.16 bits per heavy atom. The Kier molecular flexibility index (Phi) is 9.48. The van der Waals surface area contributed by atoms with Gasteiger partial charge in [-0.05, 0) is 44.3 Å². The molecule has 1 aliphatic rings. The van der Waals surface area contributed by atoms with E-state index in [2.05, 4.69) is 40.5 Å². The molecule has 1 aromatic rings. The highest BCUT2D eigenvalue weighted by atomic mass is 127. The van der Waals surface area contributed by atoms with Crippen molar-refractivity contribution in [1.82, 2.24) is 9.80 Å². The van der Waals surface area contributed by atoms with E-state index in [4.69, 9.17) is 5.73 Å². The van der Waals surface area contributed by atoms with Gasteiger partial charge in [0, 0.05) is 37.9 Å². The summed E-state index contributed by atoms with van der Waals surface area (Å²) in [6, 6.07) is 7.07. The fourth-order valence-corrected chi connectivity index (χ4v) is 3.13. The number of nitrogens with zero attached hydrogens (tertiary/aromatic N) is 4. The fourth-order valence-electron chi connectivity index (χ4n) is 3.13. The molecular formula is C18H31FIN5. The normalized spacial score (nSPS) is 16.8. The molecule has 7 heteroatoms. The molecule has 0 aliphatic carbocycles. The number of anilines is 1. The molecule has 25 heavy (non-hydrogen) atoms. The summed E-state index contributed by atoms with van der Waals surface area (Å²) >= 11 is 0. The smallest absolute Gasteiger partial charge is 0.191 e. The number of rotatable bonds is 6. The minimum Gasteiger partial charge on any atom is -0.370 e. The van der Waals surface area contributed by atoms with Crippen LogP contribution >= 0.6 is 24.0 Å². The van der Waals surface area contributed by atoms with Crippen LogP contribution in [0.2, 0.25) is 0 Å². The Labute approximate surface area is 168 Å². The van der Waals surface area contributed by atoms with Gasteiger partial charge in [0.1, 0.15) is 5.82 Å². The third-order valence-corrected chi connectivity index (χ3v) is 4.75. The van der Waals surface area contributed by atoms with E-state index in [0.29, 0.717) is 12.0 Å². The van der Waals surface area contributed by atoms with Crippen LogP contribution in [-0.2, 0) is 0 Å². The van der Waals surface area contributed by atoms with Crippen molar-refractivity contribution in [2.24, 2.45) is 10.7 Å². The molecule has 0 radical (unpaired) electrons. The Balaban J connectivity index is 0.00000312. The fraction of sp³-hybridized carbons (Fsp3) is 0.611. The van der Waals surface area contributed by atoms with Crippen molar-refractivity contribution >= 4 is 35.6 Å². The van der Waals surface area contributed by atoms with Crippen molar-refractivity contribution < 1.29 is 4.39 Å². The van der Waals surface area contributed by atoms with Gasteiger partial charge in [0.15, 0.2) is 5.96 Å². The maximum absolute atomic E-state index is 13.0. The third kappa shape index (κ3) is 6.29. The maximum atomic E-state index is 13.0. The Morgan fingerprint density at radius 3 is 2.24 bits per heavy atom. The molecule has 1 aliphatic heterocycles. The van der Waals surface area contributed by atoms with Crippen molar-refractivity contribution in [3.63, 3.8) is 0 Å². The molecule has 0 bridgehead atoms. The molecule has 1 aromatic carbocycles. The van der Waals surface area contributed by atoms with Crippen LogP contribution in [0.5, 0.6) is 0 Å². The molecule has 2 rings (SSSR count). The van der Waals surface area contributed by atoms with Gasteiger partial charge in [-0.25, -0.2) is 4.39 Å². The first kappa shape index (κ1) is 22.0. The van der Waals surface area contributed by atoms with Gasteiger partial charge in [-0.2, -0.15) is 0 Å². The number of guanidine groups is 1. The van der Waals surface area contributed by atoms with Gasteiger partial charge in [-0.1, -0.05) is 13.8 Å². The van der Waals surface area contributed by atoms with E-state index in [1.54, 1.807) is 0 Å². The topological polar surface area (TPSA) is 48.1 Å². The van der Waals surface area contributed by atoms with Crippen LogP contribution < -0.4 is 10.6 Å². The number of halogens is 2. The second kappa shape index (κ2) is 10.8. The van der Waals surface area contributed by atoms with Gasteiger partial charge < -0.3 is 15.5 Å². The number of aliphatic imine (C=N–C) groups is 1. The molecule has 1 unspecified atom stereocenters. The number of likely N-dealkylation sites (N-methyl/N-ethyl adjacent to an activating group) is 1. The summed E-state index contributed by atoms with van der Waals surface area (Å²) in [5, 5.41) is 0. The van der Waals surface area contributed by atoms with E-state index >= 15 is 0 Å². The molecule has 142 valence electrons. The lowest BCUT2D eigenvalue weighted by Crippen LogP contribution is -2.51. The molecule has 2 N–H and O–H groups in total. The standard InChI is InChI=1S/C18H30FN5.HI/c1-4-22(5-2)15(3)14-21-18(20)24-12-10-23(11-13-24)17-8-6-16(19)7-9-17;/h6-9,15H,4-5,10-14H2,1-3H3,(H2,20,21);1H. The molecule has 5 nitrogen and oxygen atoms in total. The summed E-state index contributed by atoms with van der Waals surface area (Å²) in [5.74, 6) is 0.434. The minimum atomic E-state index is -0.198. The van der Waals surface area contributed by atoms with E-state index in [9.17, 15) is 4.39 Å². The summed E-state index contributed by atoms with van der Waals surface area (Å²) in [7, 11) is 0. The SMILES string of the molecule is CCN(CC)C(C)CN=C(N)N1CCN(c2ccc(F)cc2)CC1.I. The summed E-state index contributed by atoms with van der Waals surface area (Å²) in [6.45, 7) is 12.7. The first-order valence-electron chi connectivity index (χ1n) is 8.84. The van der Waals surface area contributed by atoms with Crippen molar-refractivity contribution in [3.8, 4) is 0 Å². The van der Waals surface area contributed by atoms with Crippen LogP contribution in [0.25, 0.3) is 0 Å². The molecule has 0 amide bonds. The zero-order valence-corrected chi connectivity index (χ0v) is 17.8. The molecule has 0 spiro atoms. The lowest BCUT2D eigenvalue weighted by atomic mass is 10.2. The van der Waals surface area contributed by atoms with Crippen LogP contribution in [-0.4, -0.2) is 67.6 Å². The van der Waals surface area contributed by atoms with Crippen molar-refractivity contribution in [2.45, 2.75) is 26.8 Å². The molecule has 1 saturated heterocycles. The lowest BCUT2D eigenvalue weighted by Gasteiger charge is -2.36. The van der Waals surface area contributed by atoms with Crippen LogP contribution in [0, 0.1) is 5.82 Å². The van der Waals surface area contributed by atoms with E-state index in [0.717, 1.165) is 51.5 Å². The van der Waals surface area contributed by atoms with Gasteiger partial charge in [-0.15, -0.1) is 24.0 Å². The summed E-state index contributed by atoms with van der Waals surface area (Å²) in [4.78, 5) is 11.3. The van der Waals surface area contributed by atoms with Crippen LogP contribution in [0.4, 0.5) is 10.1 Å². The van der Waals surface area contributed by atoms with Gasteiger partial charge in [0.2, 0.25) is 0 Å². The summed E-state index contributed by atoms with van der Waals surface area (Å²) < 4.78 is 13.0. The Morgan fingerprint density at radius 2 is 1.72 bits per heavy atom. The highest BCUT2D eigenvalue weighted by Gasteiger charge is 2.19. The average Bonchev–Trinajstić information content (AvgIpc) is 2.61. The van der Waals surface area contributed by atoms with E-state index in [1.807, 2.05) is 12.1 Å². The first-order valence-corrected chi connectivity index (χ1v) is 8.84. The molecule has 0 aromatic heterocycles. The second-order valence-electron chi connectivity index (χ2n) is 6.22. The Hall–Kier alpha value is -1.09. The summed E-state index contributed by atoms with van der Waals surface area (Å²) in [5.41, 5.74) is 7.23. The van der Waals surface area contributed by atoms with Crippen molar-refractivity contribution in [3.05, 3.63) is 30.1 Å².